The lowest BCUT2D eigenvalue weighted by Gasteiger charge is -2.02. The van der Waals surface area contributed by atoms with E-state index in [0.717, 1.165) is 10.6 Å². The van der Waals surface area contributed by atoms with E-state index in [4.69, 9.17) is 4.74 Å². The number of carbonyl (C=O) groups is 1. The van der Waals surface area contributed by atoms with Gasteiger partial charge in [0.15, 0.2) is 0 Å². The Balaban J connectivity index is 1.62. The summed E-state index contributed by atoms with van der Waals surface area (Å²) in [5.74, 6) is -0.869. The zero-order chi connectivity index (χ0) is 14.7. The van der Waals surface area contributed by atoms with Gasteiger partial charge in [0.1, 0.15) is 17.4 Å². The first-order valence-corrected chi connectivity index (χ1v) is 7.94. The van der Waals surface area contributed by atoms with Crippen LogP contribution >= 0.6 is 22.7 Å². The first-order chi connectivity index (χ1) is 10.2. The number of hydrogen-bond donors (Lipinski definition) is 0. The molecule has 0 spiro atoms. The summed E-state index contributed by atoms with van der Waals surface area (Å²) >= 11 is 3.12. The van der Waals surface area contributed by atoms with Crippen LogP contribution < -0.4 is 0 Å². The van der Waals surface area contributed by atoms with Gasteiger partial charge in [0.2, 0.25) is 0 Å². The number of thiazole rings is 1. The molecule has 0 unspecified atom stereocenters. The molecule has 21 heavy (non-hydrogen) atoms. The second-order valence-electron chi connectivity index (χ2n) is 4.24. The predicted octanol–water partition coefficient (Wildman–Crippen LogP) is 4.37. The zero-order valence-corrected chi connectivity index (χ0v) is 12.4. The van der Waals surface area contributed by atoms with Crippen LogP contribution in [0.5, 0.6) is 0 Å². The van der Waals surface area contributed by atoms with E-state index in [1.807, 2.05) is 22.2 Å². The number of aromatic nitrogens is 1. The molecule has 0 aliphatic heterocycles. The average Bonchev–Trinajstić information content (AvgIpc) is 3.16. The molecule has 0 aliphatic carbocycles. The molecule has 3 rings (SSSR count). The summed E-state index contributed by atoms with van der Waals surface area (Å²) in [5, 5.41) is 6.78. The van der Waals surface area contributed by atoms with Gasteiger partial charge in [0.05, 0.1) is 11.3 Å². The fourth-order valence-electron chi connectivity index (χ4n) is 1.70. The van der Waals surface area contributed by atoms with Crippen molar-refractivity contribution in [3.8, 4) is 10.6 Å². The molecule has 6 heteroatoms. The quantitative estimate of drug-likeness (QED) is 0.670. The standard InChI is InChI=1S/C15H10FNO2S2/c16-12-3-1-10(2-4-12)15(18)19-7-13-9-21-14(17-13)11-5-6-20-8-11/h1-6,8-9H,7H2. The van der Waals surface area contributed by atoms with E-state index in [1.54, 1.807) is 11.3 Å². The monoisotopic (exact) mass is 319 g/mol. The van der Waals surface area contributed by atoms with Gasteiger partial charge in [-0.2, -0.15) is 11.3 Å². The summed E-state index contributed by atoms with van der Waals surface area (Å²) in [6, 6.07) is 7.25. The summed E-state index contributed by atoms with van der Waals surface area (Å²) < 4.78 is 17.9. The minimum absolute atomic E-state index is 0.108. The predicted molar refractivity (Wildman–Crippen MR) is 80.9 cm³/mol. The van der Waals surface area contributed by atoms with Gasteiger partial charge >= 0.3 is 5.97 Å². The van der Waals surface area contributed by atoms with Gasteiger partial charge in [-0.1, -0.05) is 0 Å². The van der Waals surface area contributed by atoms with E-state index in [1.165, 1.54) is 35.6 Å². The van der Waals surface area contributed by atoms with Gasteiger partial charge in [0, 0.05) is 16.3 Å². The highest BCUT2D eigenvalue weighted by Crippen LogP contribution is 2.25. The first-order valence-electron chi connectivity index (χ1n) is 6.12. The second kappa shape index (κ2) is 6.15. The van der Waals surface area contributed by atoms with E-state index in [2.05, 4.69) is 4.98 Å². The molecule has 2 heterocycles. The van der Waals surface area contributed by atoms with Crippen LogP contribution in [0.25, 0.3) is 10.6 Å². The maximum Gasteiger partial charge on any atom is 0.338 e. The Morgan fingerprint density at radius 3 is 2.71 bits per heavy atom. The smallest absolute Gasteiger partial charge is 0.338 e. The molecule has 0 aliphatic rings. The molecule has 0 amide bonds. The molecule has 3 aromatic rings. The fourth-order valence-corrected chi connectivity index (χ4v) is 3.22. The lowest BCUT2D eigenvalue weighted by atomic mass is 10.2. The number of nitrogens with zero attached hydrogens (tertiary/aromatic N) is 1. The minimum Gasteiger partial charge on any atom is -0.456 e. The molecule has 0 radical (unpaired) electrons. The Hall–Kier alpha value is -2.05. The van der Waals surface area contributed by atoms with Gasteiger partial charge < -0.3 is 4.74 Å². The molecule has 2 aromatic heterocycles. The number of thiophene rings is 1. The van der Waals surface area contributed by atoms with Crippen molar-refractivity contribution in [2.75, 3.05) is 0 Å². The van der Waals surface area contributed by atoms with Crippen molar-refractivity contribution in [2.45, 2.75) is 6.61 Å². The summed E-state index contributed by atoms with van der Waals surface area (Å²) in [7, 11) is 0. The molecular formula is C15H10FNO2S2. The molecule has 0 bridgehead atoms. The number of benzene rings is 1. The summed E-state index contributed by atoms with van der Waals surface area (Å²) in [6.07, 6.45) is 0. The van der Waals surface area contributed by atoms with Gasteiger partial charge in [-0.15, -0.1) is 11.3 Å². The topological polar surface area (TPSA) is 39.2 Å². The number of halogens is 1. The minimum atomic E-state index is -0.486. The normalized spacial score (nSPS) is 10.5. The van der Waals surface area contributed by atoms with Crippen LogP contribution in [0.15, 0.2) is 46.5 Å². The van der Waals surface area contributed by atoms with Crippen molar-refractivity contribution >= 4 is 28.6 Å². The van der Waals surface area contributed by atoms with Crippen molar-refractivity contribution in [3.63, 3.8) is 0 Å². The Labute approximate surface area is 128 Å². The van der Waals surface area contributed by atoms with Crippen molar-refractivity contribution in [3.05, 3.63) is 63.5 Å². The van der Waals surface area contributed by atoms with Crippen LogP contribution in [0, 0.1) is 5.82 Å². The zero-order valence-electron chi connectivity index (χ0n) is 10.8. The maximum atomic E-state index is 12.8. The van der Waals surface area contributed by atoms with Crippen LogP contribution in [0.2, 0.25) is 0 Å². The van der Waals surface area contributed by atoms with Crippen LogP contribution in [0.3, 0.4) is 0 Å². The molecule has 0 atom stereocenters. The van der Waals surface area contributed by atoms with Crippen LogP contribution in [0.1, 0.15) is 16.1 Å². The van der Waals surface area contributed by atoms with Gasteiger partial charge in [0.25, 0.3) is 0 Å². The largest absolute Gasteiger partial charge is 0.456 e. The first kappa shape index (κ1) is 13.9. The van der Waals surface area contributed by atoms with Crippen molar-refractivity contribution in [1.82, 2.24) is 4.98 Å². The number of rotatable bonds is 4. The Kier molecular flexibility index (Phi) is 4.08. The highest BCUT2D eigenvalue weighted by atomic mass is 32.1. The number of ether oxygens (including phenoxy) is 1. The number of hydrogen-bond acceptors (Lipinski definition) is 5. The Morgan fingerprint density at radius 2 is 2.00 bits per heavy atom. The molecule has 0 saturated carbocycles. The second-order valence-corrected chi connectivity index (χ2v) is 5.88. The van der Waals surface area contributed by atoms with E-state index < -0.39 is 5.97 Å². The van der Waals surface area contributed by atoms with Gasteiger partial charge in [-0.25, -0.2) is 14.2 Å². The lowest BCUT2D eigenvalue weighted by molar-refractivity contribution is 0.0468. The SMILES string of the molecule is O=C(OCc1csc(-c2ccsc2)n1)c1ccc(F)cc1. The third-order valence-electron chi connectivity index (χ3n) is 2.75. The molecular weight excluding hydrogens is 309 g/mol. The van der Waals surface area contributed by atoms with Crippen molar-refractivity contribution < 1.29 is 13.9 Å². The summed E-state index contributed by atoms with van der Waals surface area (Å²) in [4.78, 5) is 16.2. The average molecular weight is 319 g/mol. The summed E-state index contributed by atoms with van der Waals surface area (Å²) in [5.41, 5.74) is 2.10. The highest BCUT2D eigenvalue weighted by molar-refractivity contribution is 7.14. The fraction of sp³-hybridized carbons (Fsp3) is 0.0667. The van der Waals surface area contributed by atoms with Crippen LogP contribution in [-0.4, -0.2) is 11.0 Å². The van der Waals surface area contributed by atoms with E-state index in [-0.39, 0.29) is 12.4 Å². The molecule has 0 fully saturated rings. The molecule has 106 valence electrons. The lowest BCUT2D eigenvalue weighted by Crippen LogP contribution is -2.05. The van der Waals surface area contributed by atoms with E-state index in [0.29, 0.717) is 11.3 Å². The maximum absolute atomic E-state index is 12.8. The van der Waals surface area contributed by atoms with Gasteiger partial charge in [-0.3, -0.25) is 0 Å². The number of carbonyl (C=O) groups excluding carboxylic acids is 1. The third kappa shape index (κ3) is 3.34. The molecule has 3 nitrogen and oxygen atoms in total. The number of esters is 1. The Bertz CT molecular complexity index is 735. The molecule has 0 saturated heterocycles. The molecule has 1 aromatic carbocycles. The Morgan fingerprint density at radius 1 is 1.19 bits per heavy atom. The van der Waals surface area contributed by atoms with E-state index in [9.17, 15) is 9.18 Å². The van der Waals surface area contributed by atoms with Crippen molar-refractivity contribution in [1.29, 1.82) is 0 Å². The van der Waals surface area contributed by atoms with Crippen molar-refractivity contribution in [2.24, 2.45) is 0 Å². The highest BCUT2D eigenvalue weighted by Gasteiger charge is 2.10. The summed E-state index contributed by atoms with van der Waals surface area (Å²) in [6.45, 7) is 0.108. The van der Waals surface area contributed by atoms with Crippen LogP contribution in [-0.2, 0) is 11.3 Å². The van der Waals surface area contributed by atoms with E-state index >= 15 is 0 Å². The third-order valence-corrected chi connectivity index (χ3v) is 4.37. The van der Waals surface area contributed by atoms with Crippen LogP contribution in [0.4, 0.5) is 4.39 Å². The van der Waals surface area contributed by atoms with Gasteiger partial charge in [-0.05, 0) is 35.7 Å². The molecule has 0 N–H and O–H groups in total.